The molecule has 0 bridgehead atoms. The number of ether oxygens (including phenoxy) is 3. The van der Waals surface area contributed by atoms with Gasteiger partial charge in [-0.2, -0.15) is 5.10 Å². The highest BCUT2D eigenvalue weighted by molar-refractivity contribution is 9.10. The van der Waals surface area contributed by atoms with Crippen LogP contribution in [0.5, 0.6) is 17.2 Å². The summed E-state index contributed by atoms with van der Waals surface area (Å²) >= 11 is 3.45. The topological polar surface area (TPSA) is 69.2 Å². The zero-order valence-corrected chi connectivity index (χ0v) is 17.2. The Balaban J connectivity index is 1.83. The largest absolute Gasteiger partial charge is 0.496 e. The number of fused-ring (bicyclic) bond motifs is 1. The fourth-order valence-corrected chi connectivity index (χ4v) is 3.18. The molecule has 0 aromatic heterocycles. The number of carbonyl (C=O) groups excluding carboxylic acids is 1. The van der Waals surface area contributed by atoms with Crippen LogP contribution < -0.4 is 19.6 Å². The molecule has 28 heavy (non-hydrogen) atoms. The van der Waals surface area contributed by atoms with Gasteiger partial charge < -0.3 is 14.2 Å². The van der Waals surface area contributed by atoms with Crippen molar-refractivity contribution >= 4 is 38.8 Å². The molecule has 7 heteroatoms. The van der Waals surface area contributed by atoms with Crippen molar-refractivity contribution in [2.75, 3.05) is 21.3 Å². The third-order valence-electron chi connectivity index (χ3n) is 4.19. The summed E-state index contributed by atoms with van der Waals surface area (Å²) in [5, 5.41) is 6.00. The Kier molecular flexibility index (Phi) is 6.16. The third-order valence-corrected chi connectivity index (χ3v) is 4.87. The van der Waals surface area contributed by atoms with E-state index in [1.165, 1.54) is 13.3 Å². The minimum atomic E-state index is -0.365. The molecule has 3 aromatic carbocycles. The monoisotopic (exact) mass is 442 g/mol. The van der Waals surface area contributed by atoms with E-state index in [0.717, 1.165) is 20.8 Å². The van der Waals surface area contributed by atoms with Crippen LogP contribution in [0.1, 0.15) is 15.9 Å². The van der Waals surface area contributed by atoms with Gasteiger partial charge >= 0.3 is 0 Å². The van der Waals surface area contributed by atoms with Crippen molar-refractivity contribution < 1.29 is 19.0 Å². The van der Waals surface area contributed by atoms with Crippen LogP contribution in [0.4, 0.5) is 0 Å². The van der Waals surface area contributed by atoms with Crippen LogP contribution in [0.25, 0.3) is 10.8 Å². The van der Waals surface area contributed by atoms with E-state index in [1.54, 1.807) is 32.4 Å². The Bertz CT molecular complexity index is 1050. The summed E-state index contributed by atoms with van der Waals surface area (Å²) in [7, 11) is 4.65. The number of halogens is 1. The first-order valence-corrected chi connectivity index (χ1v) is 9.18. The van der Waals surface area contributed by atoms with Crippen LogP contribution in [-0.2, 0) is 0 Å². The van der Waals surface area contributed by atoms with E-state index in [9.17, 15) is 4.79 Å². The van der Waals surface area contributed by atoms with Crippen LogP contribution in [0.2, 0.25) is 0 Å². The number of methoxy groups -OCH3 is 3. The average molecular weight is 443 g/mol. The summed E-state index contributed by atoms with van der Waals surface area (Å²) < 4.78 is 16.7. The highest BCUT2D eigenvalue weighted by Gasteiger charge is 2.13. The second kappa shape index (κ2) is 8.75. The molecular weight excluding hydrogens is 424 g/mol. The molecule has 144 valence electrons. The van der Waals surface area contributed by atoms with Crippen LogP contribution in [0, 0.1) is 0 Å². The molecule has 0 saturated heterocycles. The minimum absolute atomic E-state index is 0.365. The van der Waals surface area contributed by atoms with Gasteiger partial charge in [0.1, 0.15) is 5.75 Å². The van der Waals surface area contributed by atoms with Gasteiger partial charge in [-0.15, -0.1) is 0 Å². The summed E-state index contributed by atoms with van der Waals surface area (Å²) in [5.74, 6) is 1.28. The van der Waals surface area contributed by atoms with Gasteiger partial charge in [0, 0.05) is 10.0 Å². The lowest BCUT2D eigenvalue weighted by Crippen LogP contribution is -2.18. The smallest absolute Gasteiger partial charge is 0.275 e. The maximum Gasteiger partial charge on any atom is 0.275 e. The molecule has 0 aliphatic heterocycles. The van der Waals surface area contributed by atoms with Gasteiger partial charge in [0.2, 0.25) is 0 Å². The van der Waals surface area contributed by atoms with Crippen LogP contribution in [0.3, 0.4) is 0 Å². The van der Waals surface area contributed by atoms with Gasteiger partial charge in [-0.1, -0.05) is 24.3 Å². The molecule has 0 radical (unpaired) electrons. The number of rotatable bonds is 6. The lowest BCUT2D eigenvalue weighted by molar-refractivity contribution is 0.0952. The van der Waals surface area contributed by atoms with Gasteiger partial charge in [0.15, 0.2) is 11.5 Å². The molecule has 1 N–H and O–H groups in total. The van der Waals surface area contributed by atoms with E-state index < -0.39 is 0 Å². The summed E-state index contributed by atoms with van der Waals surface area (Å²) in [6.07, 6.45) is 1.53. The Morgan fingerprint density at radius 3 is 2.18 bits per heavy atom. The standard InChI is InChI=1S/C21H19BrN2O4/c1-26-18-9-14-7-5-4-6-13(14)8-16(18)21(25)24-23-12-15-10-19(27-2)20(28-3)11-17(15)22/h4-12H,1-3H3,(H,24,25). The van der Waals surface area contributed by atoms with Gasteiger partial charge in [-0.3, -0.25) is 4.79 Å². The molecule has 3 aromatic rings. The van der Waals surface area contributed by atoms with Crippen LogP contribution >= 0.6 is 15.9 Å². The third kappa shape index (κ3) is 4.09. The highest BCUT2D eigenvalue weighted by Crippen LogP contribution is 2.32. The average Bonchev–Trinajstić information content (AvgIpc) is 2.73. The molecular formula is C21H19BrN2O4. The quantitative estimate of drug-likeness (QED) is 0.453. The number of hydrogen-bond acceptors (Lipinski definition) is 5. The number of hydrogen-bond donors (Lipinski definition) is 1. The molecule has 0 heterocycles. The first kappa shape index (κ1) is 19.7. The van der Waals surface area contributed by atoms with Crippen molar-refractivity contribution in [3.63, 3.8) is 0 Å². The van der Waals surface area contributed by atoms with Crippen molar-refractivity contribution in [2.24, 2.45) is 5.10 Å². The van der Waals surface area contributed by atoms with Crippen LogP contribution in [-0.4, -0.2) is 33.5 Å². The number of amides is 1. The van der Waals surface area contributed by atoms with E-state index in [0.29, 0.717) is 22.8 Å². The number of nitrogens with zero attached hydrogens (tertiary/aromatic N) is 1. The molecule has 0 aliphatic rings. The lowest BCUT2D eigenvalue weighted by Gasteiger charge is -2.10. The molecule has 1 amide bonds. The second-order valence-electron chi connectivity index (χ2n) is 5.83. The Labute approximate surface area is 171 Å². The maximum absolute atomic E-state index is 12.6. The SMILES string of the molecule is COc1cc(Br)c(C=NNC(=O)c2cc3ccccc3cc2OC)cc1OC. The summed E-state index contributed by atoms with van der Waals surface area (Å²) in [6.45, 7) is 0. The predicted molar refractivity (Wildman–Crippen MR) is 113 cm³/mol. The van der Waals surface area contributed by atoms with Crippen molar-refractivity contribution in [1.29, 1.82) is 0 Å². The summed E-state index contributed by atoms with van der Waals surface area (Å²) in [4.78, 5) is 12.6. The Morgan fingerprint density at radius 2 is 1.54 bits per heavy atom. The Morgan fingerprint density at radius 1 is 0.929 bits per heavy atom. The van der Waals surface area contributed by atoms with Gasteiger partial charge in [-0.05, 0) is 51.0 Å². The first-order chi connectivity index (χ1) is 13.6. The maximum atomic E-state index is 12.6. The molecule has 6 nitrogen and oxygen atoms in total. The summed E-state index contributed by atoms with van der Waals surface area (Å²) in [5.41, 5.74) is 3.67. The number of hydrazone groups is 1. The van der Waals surface area contributed by atoms with Crippen molar-refractivity contribution in [1.82, 2.24) is 5.43 Å². The molecule has 0 unspecified atom stereocenters. The van der Waals surface area contributed by atoms with E-state index in [-0.39, 0.29) is 5.91 Å². The molecule has 0 fully saturated rings. The normalized spacial score (nSPS) is 10.9. The summed E-state index contributed by atoms with van der Waals surface area (Å²) in [6, 6.07) is 14.9. The molecule has 3 rings (SSSR count). The van der Waals surface area contributed by atoms with Crippen LogP contribution in [0.15, 0.2) is 58.1 Å². The van der Waals surface area contributed by atoms with E-state index in [2.05, 4.69) is 26.5 Å². The fourth-order valence-electron chi connectivity index (χ4n) is 2.76. The molecule has 0 saturated carbocycles. The van der Waals surface area contributed by atoms with E-state index in [1.807, 2.05) is 30.3 Å². The molecule has 0 aliphatic carbocycles. The molecule has 0 spiro atoms. The second-order valence-corrected chi connectivity index (χ2v) is 6.68. The first-order valence-electron chi connectivity index (χ1n) is 8.39. The number of benzene rings is 3. The highest BCUT2D eigenvalue weighted by atomic mass is 79.9. The minimum Gasteiger partial charge on any atom is -0.496 e. The molecule has 0 atom stereocenters. The number of carbonyl (C=O) groups is 1. The van der Waals surface area contributed by atoms with Crippen molar-refractivity contribution in [3.8, 4) is 17.2 Å². The predicted octanol–water partition coefficient (Wildman–Crippen LogP) is 4.39. The Hall–Kier alpha value is -3.06. The van der Waals surface area contributed by atoms with E-state index in [4.69, 9.17) is 14.2 Å². The fraction of sp³-hybridized carbons (Fsp3) is 0.143. The van der Waals surface area contributed by atoms with Crippen molar-refractivity contribution in [3.05, 3.63) is 64.1 Å². The lowest BCUT2D eigenvalue weighted by atomic mass is 10.1. The van der Waals surface area contributed by atoms with Crippen molar-refractivity contribution in [2.45, 2.75) is 0 Å². The van der Waals surface area contributed by atoms with Gasteiger partial charge in [0.05, 0.1) is 33.1 Å². The zero-order valence-electron chi connectivity index (χ0n) is 15.7. The van der Waals surface area contributed by atoms with Gasteiger partial charge in [-0.25, -0.2) is 5.43 Å². The van der Waals surface area contributed by atoms with E-state index >= 15 is 0 Å². The zero-order chi connectivity index (χ0) is 20.1. The number of nitrogens with one attached hydrogen (secondary N) is 1. The van der Waals surface area contributed by atoms with Gasteiger partial charge in [0.25, 0.3) is 5.91 Å².